The van der Waals surface area contributed by atoms with E-state index in [2.05, 4.69) is 10.3 Å². The van der Waals surface area contributed by atoms with Crippen molar-refractivity contribution in [3.8, 4) is 11.3 Å². The number of amides is 1. The molecule has 0 aliphatic heterocycles. The van der Waals surface area contributed by atoms with E-state index < -0.39 is 0 Å². The van der Waals surface area contributed by atoms with E-state index in [-0.39, 0.29) is 18.1 Å². The summed E-state index contributed by atoms with van der Waals surface area (Å²) in [4.78, 5) is 16.3. The van der Waals surface area contributed by atoms with Crippen LogP contribution < -0.4 is 5.32 Å². The molecule has 0 unspecified atom stereocenters. The molecule has 5 heteroatoms. The van der Waals surface area contributed by atoms with Crippen molar-refractivity contribution in [3.63, 3.8) is 0 Å². The molecule has 1 amide bonds. The van der Waals surface area contributed by atoms with Gasteiger partial charge in [0.05, 0.1) is 12.3 Å². The molecular formula is C19H24N2O3. The number of aromatic nitrogens is 1. The first kappa shape index (κ1) is 16.7. The highest BCUT2D eigenvalue weighted by Gasteiger charge is 2.20. The monoisotopic (exact) mass is 328 g/mol. The van der Waals surface area contributed by atoms with Crippen molar-refractivity contribution in [3.05, 3.63) is 42.4 Å². The summed E-state index contributed by atoms with van der Waals surface area (Å²) in [6.45, 7) is 0. The Kier molecular flexibility index (Phi) is 5.64. The number of oxazole rings is 1. The van der Waals surface area contributed by atoms with Crippen LogP contribution in [0.25, 0.3) is 11.3 Å². The molecule has 24 heavy (non-hydrogen) atoms. The van der Waals surface area contributed by atoms with Gasteiger partial charge in [0.25, 0.3) is 0 Å². The van der Waals surface area contributed by atoms with Crippen LogP contribution in [0.1, 0.15) is 44.4 Å². The predicted molar refractivity (Wildman–Crippen MR) is 91.3 cm³/mol. The van der Waals surface area contributed by atoms with Crippen LogP contribution in [0.5, 0.6) is 0 Å². The second-order valence-electron chi connectivity index (χ2n) is 6.41. The van der Waals surface area contributed by atoms with Gasteiger partial charge in [-0.1, -0.05) is 30.3 Å². The van der Waals surface area contributed by atoms with Gasteiger partial charge in [-0.2, -0.15) is 0 Å². The number of aliphatic hydroxyl groups excluding tert-OH is 1. The second kappa shape index (κ2) is 8.11. The van der Waals surface area contributed by atoms with Crippen molar-refractivity contribution >= 4 is 5.91 Å². The number of aryl methyl sites for hydroxylation is 1. The minimum absolute atomic E-state index is 0.0752. The highest BCUT2D eigenvalue weighted by atomic mass is 16.4. The fourth-order valence-corrected chi connectivity index (χ4v) is 3.08. The maximum atomic E-state index is 12.0. The summed E-state index contributed by atoms with van der Waals surface area (Å²) in [6, 6.07) is 10.1. The van der Waals surface area contributed by atoms with Gasteiger partial charge >= 0.3 is 0 Å². The van der Waals surface area contributed by atoms with Crippen molar-refractivity contribution < 1.29 is 14.3 Å². The molecule has 2 N–H and O–H groups in total. The number of nitrogens with zero attached hydrogens (tertiary/aromatic N) is 1. The van der Waals surface area contributed by atoms with Crippen molar-refractivity contribution in [2.24, 2.45) is 0 Å². The van der Waals surface area contributed by atoms with Gasteiger partial charge < -0.3 is 14.8 Å². The van der Waals surface area contributed by atoms with E-state index in [1.54, 1.807) is 6.20 Å². The van der Waals surface area contributed by atoms with Gasteiger partial charge in [0.15, 0.2) is 11.7 Å². The van der Waals surface area contributed by atoms with Crippen LogP contribution in [-0.2, 0) is 11.2 Å². The molecule has 128 valence electrons. The number of hydrogen-bond donors (Lipinski definition) is 2. The summed E-state index contributed by atoms with van der Waals surface area (Å²) in [7, 11) is 0. The van der Waals surface area contributed by atoms with E-state index in [0.29, 0.717) is 18.7 Å². The van der Waals surface area contributed by atoms with Crippen LogP contribution in [0.2, 0.25) is 0 Å². The fourth-order valence-electron chi connectivity index (χ4n) is 3.08. The lowest BCUT2D eigenvalue weighted by molar-refractivity contribution is -0.122. The first-order valence-corrected chi connectivity index (χ1v) is 8.68. The van der Waals surface area contributed by atoms with Gasteiger partial charge in [-0.15, -0.1) is 0 Å². The van der Waals surface area contributed by atoms with Crippen molar-refractivity contribution in [2.45, 2.75) is 57.1 Å². The number of benzene rings is 1. The van der Waals surface area contributed by atoms with E-state index in [1.165, 1.54) is 0 Å². The van der Waals surface area contributed by atoms with Crippen LogP contribution in [0.3, 0.4) is 0 Å². The molecule has 0 radical (unpaired) electrons. The summed E-state index contributed by atoms with van der Waals surface area (Å²) in [5, 5.41) is 12.5. The van der Waals surface area contributed by atoms with Crippen LogP contribution >= 0.6 is 0 Å². The molecule has 0 atom stereocenters. The molecule has 1 aromatic carbocycles. The molecule has 3 rings (SSSR count). The van der Waals surface area contributed by atoms with Gasteiger partial charge in [0.1, 0.15) is 0 Å². The molecule has 1 saturated carbocycles. The SMILES string of the molecule is O=C(CCCc1ncc(-c2ccccc2)o1)NC1CCC(O)CC1. The van der Waals surface area contributed by atoms with E-state index >= 15 is 0 Å². The predicted octanol–water partition coefficient (Wildman–Crippen LogP) is 3.08. The largest absolute Gasteiger partial charge is 0.441 e. The smallest absolute Gasteiger partial charge is 0.220 e. The zero-order valence-corrected chi connectivity index (χ0v) is 13.8. The van der Waals surface area contributed by atoms with Crippen LogP contribution in [0.15, 0.2) is 40.9 Å². The first-order valence-electron chi connectivity index (χ1n) is 8.68. The molecule has 1 heterocycles. The third-order valence-electron chi connectivity index (χ3n) is 4.47. The maximum Gasteiger partial charge on any atom is 0.220 e. The van der Waals surface area contributed by atoms with Crippen LogP contribution in [0, 0.1) is 0 Å². The van der Waals surface area contributed by atoms with Crippen LogP contribution in [-0.4, -0.2) is 28.1 Å². The summed E-state index contributed by atoms with van der Waals surface area (Å²) in [5.74, 6) is 1.50. The van der Waals surface area contributed by atoms with Crippen molar-refractivity contribution in [1.29, 1.82) is 0 Å². The maximum absolute atomic E-state index is 12.0. The molecule has 0 saturated heterocycles. The Hall–Kier alpha value is -2.14. The molecule has 1 aliphatic carbocycles. The Morgan fingerprint density at radius 3 is 2.71 bits per heavy atom. The Labute approximate surface area is 142 Å². The number of aliphatic hydroxyl groups is 1. The standard InChI is InChI=1S/C19H24N2O3/c22-16-11-9-15(10-12-16)21-18(23)7-4-8-19-20-13-17(24-19)14-5-2-1-3-6-14/h1-3,5-6,13,15-16,22H,4,7-12H2,(H,21,23). The summed E-state index contributed by atoms with van der Waals surface area (Å²) < 4.78 is 5.74. The average molecular weight is 328 g/mol. The Balaban J connectivity index is 1.40. The first-order chi connectivity index (χ1) is 11.7. The molecule has 2 aromatic rings. The zero-order chi connectivity index (χ0) is 16.8. The number of carbonyl (C=O) groups excluding carboxylic acids is 1. The Morgan fingerprint density at radius 1 is 1.21 bits per heavy atom. The molecule has 1 aromatic heterocycles. The quantitative estimate of drug-likeness (QED) is 0.854. The van der Waals surface area contributed by atoms with E-state index in [9.17, 15) is 9.90 Å². The topological polar surface area (TPSA) is 75.4 Å². The molecule has 1 aliphatic rings. The minimum atomic E-state index is -0.193. The van der Waals surface area contributed by atoms with Gasteiger partial charge in [0, 0.05) is 24.4 Å². The molecule has 0 spiro atoms. The number of hydrogen-bond acceptors (Lipinski definition) is 4. The highest BCUT2D eigenvalue weighted by molar-refractivity contribution is 5.76. The van der Waals surface area contributed by atoms with Gasteiger partial charge in [-0.05, 0) is 32.1 Å². The van der Waals surface area contributed by atoms with Crippen molar-refractivity contribution in [1.82, 2.24) is 10.3 Å². The van der Waals surface area contributed by atoms with Crippen LogP contribution in [0.4, 0.5) is 0 Å². The van der Waals surface area contributed by atoms with Gasteiger partial charge in [-0.25, -0.2) is 4.98 Å². The normalized spacial score (nSPS) is 20.7. The molecule has 5 nitrogen and oxygen atoms in total. The summed E-state index contributed by atoms with van der Waals surface area (Å²) in [5.41, 5.74) is 1.01. The summed E-state index contributed by atoms with van der Waals surface area (Å²) in [6.07, 6.45) is 6.69. The third-order valence-corrected chi connectivity index (χ3v) is 4.47. The van der Waals surface area contributed by atoms with E-state index in [1.807, 2.05) is 30.3 Å². The average Bonchev–Trinajstić information content (AvgIpc) is 3.07. The Morgan fingerprint density at radius 2 is 1.96 bits per heavy atom. The highest BCUT2D eigenvalue weighted by Crippen LogP contribution is 2.21. The Bertz CT molecular complexity index is 646. The fraction of sp³-hybridized carbons (Fsp3) is 0.474. The number of carbonyl (C=O) groups is 1. The van der Waals surface area contributed by atoms with Crippen molar-refractivity contribution in [2.75, 3.05) is 0 Å². The van der Waals surface area contributed by atoms with Gasteiger partial charge in [0.2, 0.25) is 5.91 Å². The molecule has 0 bridgehead atoms. The van der Waals surface area contributed by atoms with E-state index in [4.69, 9.17) is 4.42 Å². The third kappa shape index (κ3) is 4.68. The van der Waals surface area contributed by atoms with Gasteiger partial charge in [-0.3, -0.25) is 4.79 Å². The molecule has 1 fully saturated rings. The minimum Gasteiger partial charge on any atom is -0.441 e. The van der Waals surface area contributed by atoms with E-state index in [0.717, 1.165) is 43.4 Å². The lowest BCUT2D eigenvalue weighted by atomic mass is 9.93. The zero-order valence-electron chi connectivity index (χ0n) is 13.8. The lowest BCUT2D eigenvalue weighted by Crippen LogP contribution is -2.38. The number of nitrogens with one attached hydrogen (secondary N) is 1. The summed E-state index contributed by atoms with van der Waals surface area (Å²) >= 11 is 0. The number of rotatable bonds is 6. The second-order valence-corrected chi connectivity index (χ2v) is 6.41. The molecular weight excluding hydrogens is 304 g/mol. The lowest BCUT2D eigenvalue weighted by Gasteiger charge is -2.26.